The highest BCUT2D eigenvalue weighted by Gasteiger charge is 2.36. The summed E-state index contributed by atoms with van der Waals surface area (Å²) in [6, 6.07) is 17.4. The molecular weight excluding hydrogens is 461 g/mol. The van der Waals surface area contributed by atoms with Crippen LogP contribution in [0.25, 0.3) is 5.00 Å². The van der Waals surface area contributed by atoms with E-state index >= 15 is 0 Å². The van der Waals surface area contributed by atoms with E-state index in [1.807, 2.05) is 46.6 Å². The van der Waals surface area contributed by atoms with Gasteiger partial charge in [-0.3, -0.25) is 0 Å². The Bertz CT molecular complexity index is 1390. The second-order valence-electron chi connectivity index (χ2n) is 9.01. The Hall–Kier alpha value is -3.58. The van der Waals surface area contributed by atoms with Gasteiger partial charge in [-0.15, -0.1) is 11.3 Å². The van der Waals surface area contributed by atoms with E-state index in [9.17, 15) is 9.18 Å². The number of thiophene rings is 1. The minimum Gasteiger partial charge on any atom is -0.495 e. The Kier molecular flexibility index (Phi) is 5.57. The van der Waals surface area contributed by atoms with E-state index in [2.05, 4.69) is 22.1 Å². The molecule has 2 amide bonds. The molecule has 35 heavy (non-hydrogen) atoms. The second kappa shape index (κ2) is 8.89. The number of aryl methyl sites for hydroxylation is 1. The summed E-state index contributed by atoms with van der Waals surface area (Å²) in [7, 11) is 1.59. The summed E-state index contributed by atoms with van der Waals surface area (Å²) in [5.74, 6) is 0.307. The van der Waals surface area contributed by atoms with Crippen LogP contribution in [0.3, 0.4) is 0 Å². The van der Waals surface area contributed by atoms with Gasteiger partial charge in [0.25, 0.3) is 0 Å². The topological polar surface area (TPSA) is 46.5 Å². The van der Waals surface area contributed by atoms with Crippen LogP contribution in [0.1, 0.15) is 46.1 Å². The van der Waals surface area contributed by atoms with Gasteiger partial charge in [0.15, 0.2) is 0 Å². The van der Waals surface area contributed by atoms with E-state index in [0.29, 0.717) is 18.0 Å². The number of amides is 2. The third-order valence-electron chi connectivity index (χ3n) is 6.97. The summed E-state index contributed by atoms with van der Waals surface area (Å²) in [6.45, 7) is 0.478. The van der Waals surface area contributed by atoms with Crippen LogP contribution >= 0.6 is 11.3 Å². The van der Waals surface area contributed by atoms with Crippen molar-refractivity contribution in [2.24, 2.45) is 0 Å². The summed E-state index contributed by atoms with van der Waals surface area (Å²) in [5.41, 5.74) is 5.09. The van der Waals surface area contributed by atoms with Crippen molar-refractivity contribution in [1.82, 2.24) is 9.47 Å². The highest BCUT2D eigenvalue weighted by atomic mass is 32.1. The number of anilines is 1. The number of benzene rings is 2. The summed E-state index contributed by atoms with van der Waals surface area (Å²) in [5, 5.41) is 4.27. The van der Waals surface area contributed by atoms with Crippen molar-refractivity contribution in [1.29, 1.82) is 0 Å². The van der Waals surface area contributed by atoms with E-state index in [1.54, 1.807) is 19.2 Å². The van der Waals surface area contributed by atoms with Crippen LogP contribution < -0.4 is 10.1 Å². The number of carbonyl (C=O) groups excluding carboxylic acids is 1. The third-order valence-corrected chi connectivity index (χ3v) is 8.31. The molecule has 0 radical (unpaired) electrons. The first kappa shape index (κ1) is 21.9. The monoisotopic (exact) mass is 487 g/mol. The van der Waals surface area contributed by atoms with Gasteiger partial charge in [0.05, 0.1) is 31.1 Å². The van der Waals surface area contributed by atoms with Crippen LogP contribution in [0.5, 0.6) is 5.75 Å². The van der Waals surface area contributed by atoms with E-state index < -0.39 is 0 Å². The fourth-order valence-electron chi connectivity index (χ4n) is 5.32. The van der Waals surface area contributed by atoms with Crippen LogP contribution in [0.4, 0.5) is 14.9 Å². The quantitative estimate of drug-likeness (QED) is 0.349. The van der Waals surface area contributed by atoms with Gasteiger partial charge in [-0.1, -0.05) is 24.3 Å². The molecule has 2 aromatic heterocycles. The molecule has 0 bridgehead atoms. The van der Waals surface area contributed by atoms with E-state index in [-0.39, 0.29) is 17.9 Å². The van der Waals surface area contributed by atoms with Crippen molar-refractivity contribution in [3.8, 4) is 10.8 Å². The first-order valence-corrected chi connectivity index (χ1v) is 12.7. The standard InChI is InChI=1S/C28H26FN3O2S/c1-34-24-10-4-3-8-22(24)30-28(33)32-17-21-20-7-2-5-11-25(20)35-27(21)31-16-6-9-23(31)26(32)18-12-14-19(29)15-13-18/h3-4,6,8-10,12-16,26H,2,5,7,11,17H2,1H3,(H,30,33)/t26-/m0/s1. The number of urea groups is 1. The molecule has 0 spiro atoms. The first-order valence-electron chi connectivity index (χ1n) is 11.9. The summed E-state index contributed by atoms with van der Waals surface area (Å²) < 4.78 is 21.5. The maximum Gasteiger partial charge on any atom is 0.323 e. The fourth-order valence-corrected chi connectivity index (χ4v) is 6.72. The molecule has 1 aliphatic heterocycles. The van der Waals surface area contributed by atoms with Crippen molar-refractivity contribution < 1.29 is 13.9 Å². The van der Waals surface area contributed by atoms with Gasteiger partial charge in [-0.05, 0) is 73.2 Å². The number of hydrogen-bond donors (Lipinski definition) is 1. The number of fused-ring (bicyclic) bond motifs is 5. The summed E-state index contributed by atoms with van der Waals surface area (Å²) >= 11 is 1.85. The molecule has 0 fully saturated rings. The minimum absolute atomic E-state index is 0.222. The molecule has 2 aliphatic rings. The number of carbonyl (C=O) groups is 1. The van der Waals surface area contributed by atoms with Gasteiger partial charge in [0.2, 0.25) is 0 Å². The largest absolute Gasteiger partial charge is 0.495 e. The number of para-hydroxylation sites is 2. The van der Waals surface area contributed by atoms with Crippen LogP contribution in [-0.2, 0) is 19.4 Å². The van der Waals surface area contributed by atoms with Crippen molar-refractivity contribution in [3.63, 3.8) is 0 Å². The van der Waals surface area contributed by atoms with Gasteiger partial charge in [0.1, 0.15) is 16.6 Å². The number of hydrogen-bond acceptors (Lipinski definition) is 3. The van der Waals surface area contributed by atoms with Gasteiger partial charge in [-0.2, -0.15) is 0 Å². The van der Waals surface area contributed by atoms with E-state index in [4.69, 9.17) is 4.74 Å². The van der Waals surface area contributed by atoms with Crippen LogP contribution in [0, 0.1) is 5.82 Å². The second-order valence-corrected chi connectivity index (χ2v) is 10.1. The zero-order valence-corrected chi connectivity index (χ0v) is 20.3. The van der Waals surface area contributed by atoms with Crippen molar-refractivity contribution in [3.05, 3.63) is 99.9 Å². The minimum atomic E-state index is -0.376. The predicted molar refractivity (Wildman–Crippen MR) is 136 cm³/mol. The smallest absolute Gasteiger partial charge is 0.323 e. The molecule has 7 heteroatoms. The third kappa shape index (κ3) is 3.80. The van der Waals surface area contributed by atoms with Gasteiger partial charge >= 0.3 is 6.03 Å². The summed E-state index contributed by atoms with van der Waals surface area (Å²) in [4.78, 5) is 17.3. The Balaban J connectivity index is 1.50. The van der Waals surface area contributed by atoms with Crippen LogP contribution in [-0.4, -0.2) is 22.6 Å². The molecule has 3 heterocycles. The molecule has 1 atom stereocenters. The number of aromatic nitrogens is 1. The Morgan fingerprint density at radius 1 is 1.03 bits per heavy atom. The molecule has 0 unspecified atom stereocenters. The average molecular weight is 488 g/mol. The molecule has 0 saturated heterocycles. The van der Waals surface area contributed by atoms with Crippen molar-refractivity contribution in [2.45, 2.75) is 38.3 Å². The summed E-state index contributed by atoms with van der Waals surface area (Å²) in [6.07, 6.45) is 6.60. The number of nitrogens with zero attached hydrogens (tertiary/aromatic N) is 2. The number of halogens is 1. The zero-order valence-electron chi connectivity index (χ0n) is 19.5. The number of methoxy groups -OCH3 is 1. The highest BCUT2D eigenvalue weighted by molar-refractivity contribution is 7.15. The highest BCUT2D eigenvalue weighted by Crippen LogP contribution is 2.44. The van der Waals surface area contributed by atoms with E-state index in [0.717, 1.165) is 24.1 Å². The number of rotatable bonds is 3. The Labute approximate surface area is 207 Å². The van der Waals surface area contributed by atoms with Gasteiger partial charge < -0.3 is 19.5 Å². The number of ether oxygens (including phenoxy) is 1. The van der Waals surface area contributed by atoms with Crippen molar-refractivity contribution >= 4 is 23.1 Å². The maximum absolute atomic E-state index is 13.9. The molecule has 6 rings (SSSR count). The SMILES string of the molecule is COc1ccccc1NC(=O)N1Cc2c(sc3c2CCCC3)-n2cccc2[C@@H]1c1ccc(F)cc1. The normalized spacial score (nSPS) is 16.6. The zero-order chi connectivity index (χ0) is 23.9. The van der Waals surface area contributed by atoms with Gasteiger partial charge in [0, 0.05) is 16.6 Å². The Morgan fingerprint density at radius 2 is 1.83 bits per heavy atom. The number of nitrogens with one attached hydrogen (secondary N) is 1. The lowest BCUT2D eigenvalue weighted by Crippen LogP contribution is -2.38. The molecule has 178 valence electrons. The molecule has 0 saturated carbocycles. The maximum atomic E-state index is 13.9. The molecular formula is C28H26FN3O2S. The predicted octanol–water partition coefficient (Wildman–Crippen LogP) is 6.70. The fraction of sp³-hybridized carbons (Fsp3) is 0.250. The van der Waals surface area contributed by atoms with E-state index in [1.165, 1.54) is 46.0 Å². The lowest BCUT2D eigenvalue weighted by molar-refractivity contribution is 0.194. The van der Waals surface area contributed by atoms with Gasteiger partial charge in [-0.25, -0.2) is 9.18 Å². The van der Waals surface area contributed by atoms with Crippen molar-refractivity contribution in [2.75, 3.05) is 12.4 Å². The molecule has 4 aromatic rings. The molecule has 1 aliphatic carbocycles. The first-order chi connectivity index (χ1) is 17.1. The molecule has 2 aromatic carbocycles. The van der Waals surface area contributed by atoms with Crippen LogP contribution in [0.15, 0.2) is 66.9 Å². The van der Waals surface area contributed by atoms with Crippen LogP contribution in [0.2, 0.25) is 0 Å². The lowest BCUT2D eigenvalue weighted by atomic mass is 9.95. The molecule has 5 nitrogen and oxygen atoms in total. The average Bonchev–Trinajstić information content (AvgIpc) is 3.47. The molecule has 1 N–H and O–H groups in total. The Morgan fingerprint density at radius 3 is 2.66 bits per heavy atom. The lowest BCUT2D eigenvalue weighted by Gasteiger charge is -2.31.